The molecule has 3 aromatic rings. The van der Waals surface area contributed by atoms with E-state index in [0.717, 1.165) is 45.7 Å². The standard InChI is InChI=1S/C23H23N3O2/c1-16(24-18-8-12-20(27-3)13-9-18)22-6-5-7-23(26-22)17(2)25-19-10-14-21(28-4)15-11-19/h5-15H,1-4H3/b24-16+,25-17+. The first-order valence-electron chi connectivity index (χ1n) is 8.95. The van der Waals surface area contributed by atoms with E-state index in [-0.39, 0.29) is 0 Å². The predicted molar refractivity (Wildman–Crippen MR) is 114 cm³/mol. The van der Waals surface area contributed by atoms with E-state index in [0.29, 0.717) is 0 Å². The number of rotatable bonds is 6. The second-order valence-electron chi connectivity index (χ2n) is 6.20. The molecule has 0 saturated carbocycles. The van der Waals surface area contributed by atoms with Crippen LogP contribution in [-0.4, -0.2) is 30.6 Å². The fraction of sp³-hybridized carbons (Fsp3) is 0.174. The Morgan fingerprint density at radius 3 is 1.39 bits per heavy atom. The molecule has 1 heterocycles. The number of hydrogen-bond acceptors (Lipinski definition) is 5. The van der Waals surface area contributed by atoms with Gasteiger partial charge in [-0.2, -0.15) is 0 Å². The number of benzene rings is 2. The summed E-state index contributed by atoms with van der Waals surface area (Å²) in [5.41, 5.74) is 5.02. The molecule has 0 amide bonds. The molecule has 2 aromatic carbocycles. The average molecular weight is 373 g/mol. The second-order valence-corrected chi connectivity index (χ2v) is 6.20. The molecule has 0 aliphatic rings. The van der Waals surface area contributed by atoms with Crippen LogP contribution in [0.15, 0.2) is 76.7 Å². The van der Waals surface area contributed by atoms with E-state index < -0.39 is 0 Å². The summed E-state index contributed by atoms with van der Waals surface area (Å²) in [6.07, 6.45) is 0. The van der Waals surface area contributed by atoms with Crippen molar-refractivity contribution in [2.75, 3.05) is 14.2 Å². The van der Waals surface area contributed by atoms with Gasteiger partial charge in [0.25, 0.3) is 0 Å². The first-order valence-corrected chi connectivity index (χ1v) is 8.95. The molecule has 0 unspecified atom stereocenters. The third-order valence-electron chi connectivity index (χ3n) is 4.23. The van der Waals surface area contributed by atoms with Gasteiger partial charge in [0.15, 0.2) is 0 Å². The molecule has 0 saturated heterocycles. The molecule has 28 heavy (non-hydrogen) atoms. The highest BCUT2D eigenvalue weighted by Gasteiger charge is 2.05. The largest absolute Gasteiger partial charge is 0.497 e. The molecular formula is C23H23N3O2. The molecular weight excluding hydrogens is 350 g/mol. The van der Waals surface area contributed by atoms with Crippen molar-refractivity contribution in [1.82, 2.24) is 4.98 Å². The van der Waals surface area contributed by atoms with Crippen LogP contribution in [0, 0.1) is 0 Å². The van der Waals surface area contributed by atoms with E-state index in [9.17, 15) is 0 Å². The second kappa shape index (κ2) is 8.95. The van der Waals surface area contributed by atoms with Crippen molar-refractivity contribution >= 4 is 22.8 Å². The number of ether oxygens (including phenoxy) is 2. The zero-order valence-electron chi connectivity index (χ0n) is 16.5. The maximum Gasteiger partial charge on any atom is 0.119 e. The molecule has 0 aliphatic carbocycles. The van der Waals surface area contributed by atoms with E-state index >= 15 is 0 Å². The summed E-state index contributed by atoms with van der Waals surface area (Å²) in [5, 5.41) is 0. The molecule has 3 rings (SSSR count). The van der Waals surface area contributed by atoms with Gasteiger partial charge in [0.05, 0.1) is 48.4 Å². The van der Waals surface area contributed by atoms with Crippen molar-refractivity contribution in [2.24, 2.45) is 9.98 Å². The van der Waals surface area contributed by atoms with Crippen LogP contribution in [0.1, 0.15) is 25.2 Å². The van der Waals surface area contributed by atoms with Gasteiger partial charge in [0, 0.05) is 0 Å². The monoisotopic (exact) mass is 373 g/mol. The van der Waals surface area contributed by atoms with Crippen molar-refractivity contribution < 1.29 is 9.47 Å². The van der Waals surface area contributed by atoms with Gasteiger partial charge in [-0.1, -0.05) is 6.07 Å². The maximum atomic E-state index is 5.18. The van der Waals surface area contributed by atoms with Crippen LogP contribution in [-0.2, 0) is 0 Å². The zero-order chi connectivity index (χ0) is 19.9. The maximum absolute atomic E-state index is 5.18. The first-order chi connectivity index (χ1) is 13.6. The minimum Gasteiger partial charge on any atom is -0.497 e. The smallest absolute Gasteiger partial charge is 0.119 e. The molecule has 0 radical (unpaired) electrons. The van der Waals surface area contributed by atoms with Crippen molar-refractivity contribution in [3.63, 3.8) is 0 Å². The minimum absolute atomic E-state index is 0.807. The molecule has 0 spiro atoms. The number of hydrogen-bond donors (Lipinski definition) is 0. The molecule has 0 aliphatic heterocycles. The van der Waals surface area contributed by atoms with Gasteiger partial charge < -0.3 is 9.47 Å². The number of methoxy groups -OCH3 is 2. The topological polar surface area (TPSA) is 56.1 Å². The van der Waals surface area contributed by atoms with Crippen LogP contribution < -0.4 is 9.47 Å². The summed E-state index contributed by atoms with van der Waals surface area (Å²) in [4.78, 5) is 14.0. The summed E-state index contributed by atoms with van der Waals surface area (Å²) >= 11 is 0. The quantitative estimate of drug-likeness (QED) is 0.545. The zero-order valence-corrected chi connectivity index (χ0v) is 16.5. The van der Waals surface area contributed by atoms with Gasteiger partial charge in [0.1, 0.15) is 11.5 Å². The van der Waals surface area contributed by atoms with E-state index in [4.69, 9.17) is 14.5 Å². The van der Waals surface area contributed by atoms with E-state index in [2.05, 4.69) is 9.98 Å². The van der Waals surface area contributed by atoms with Crippen LogP contribution in [0.5, 0.6) is 11.5 Å². The number of nitrogens with zero attached hydrogens (tertiary/aromatic N) is 3. The van der Waals surface area contributed by atoms with Crippen molar-refractivity contribution in [3.8, 4) is 11.5 Å². The SMILES string of the molecule is COc1ccc(/N=C(\C)c2cccc(/C(C)=N/c3ccc(OC)cc3)n2)cc1. The Labute approximate surface area is 165 Å². The fourth-order valence-corrected chi connectivity index (χ4v) is 2.65. The van der Waals surface area contributed by atoms with Crippen LogP contribution in [0.2, 0.25) is 0 Å². The summed E-state index contributed by atoms with van der Waals surface area (Å²) in [6, 6.07) is 21.1. The Hall–Kier alpha value is -3.47. The number of pyridine rings is 1. The highest BCUT2D eigenvalue weighted by atomic mass is 16.5. The lowest BCUT2D eigenvalue weighted by Crippen LogP contribution is -2.04. The lowest BCUT2D eigenvalue weighted by Gasteiger charge is -2.06. The Kier molecular flexibility index (Phi) is 6.17. The van der Waals surface area contributed by atoms with Gasteiger partial charge in [-0.25, -0.2) is 4.98 Å². The molecule has 142 valence electrons. The Morgan fingerprint density at radius 2 is 1.04 bits per heavy atom. The molecule has 0 fully saturated rings. The highest BCUT2D eigenvalue weighted by Crippen LogP contribution is 2.20. The van der Waals surface area contributed by atoms with Gasteiger partial charge in [-0.05, 0) is 74.5 Å². The molecule has 5 heteroatoms. The lowest BCUT2D eigenvalue weighted by molar-refractivity contribution is 0.415. The van der Waals surface area contributed by atoms with E-state index in [1.54, 1.807) is 14.2 Å². The van der Waals surface area contributed by atoms with E-state index in [1.165, 1.54) is 0 Å². The van der Waals surface area contributed by atoms with Crippen LogP contribution >= 0.6 is 0 Å². The Balaban J connectivity index is 1.83. The number of aliphatic imine (C=N–C) groups is 2. The molecule has 5 nitrogen and oxygen atoms in total. The average Bonchev–Trinajstić information content (AvgIpc) is 2.75. The first kappa shape index (κ1) is 19.3. The molecule has 0 atom stereocenters. The molecule has 0 N–H and O–H groups in total. The van der Waals surface area contributed by atoms with Gasteiger partial charge >= 0.3 is 0 Å². The van der Waals surface area contributed by atoms with Gasteiger partial charge in [-0.15, -0.1) is 0 Å². The van der Waals surface area contributed by atoms with Crippen molar-refractivity contribution in [1.29, 1.82) is 0 Å². The summed E-state index contributed by atoms with van der Waals surface area (Å²) in [7, 11) is 3.30. The summed E-state index contributed by atoms with van der Waals surface area (Å²) < 4.78 is 10.4. The van der Waals surface area contributed by atoms with Crippen LogP contribution in [0.3, 0.4) is 0 Å². The van der Waals surface area contributed by atoms with Crippen LogP contribution in [0.4, 0.5) is 11.4 Å². The Morgan fingerprint density at radius 1 is 0.643 bits per heavy atom. The lowest BCUT2D eigenvalue weighted by atomic mass is 10.2. The van der Waals surface area contributed by atoms with Gasteiger partial charge in [-0.3, -0.25) is 9.98 Å². The predicted octanol–water partition coefficient (Wildman–Crippen LogP) is 5.38. The minimum atomic E-state index is 0.807. The third kappa shape index (κ3) is 4.82. The summed E-state index contributed by atoms with van der Waals surface area (Å²) in [6.45, 7) is 3.90. The normalized spacial score (nSPS) is 12.0. The molecule has 0 bridgehead atoms. The fourth-order valence-electron chi connectivity index (χ4n) is 2.65. The van der Waals surface area contributed by atoms with E-state index in [1.807, 2.05) is 80.6 Å². The van der Waals surface area contributed by atoms with Crippen molar-refractivity contribution in [2.45, 2.75) is 13.8 Å². The molecule has 1 aromatic heterocycles. The number of aromatic nitrogens is 1. The highest BCUT2D eigenvalue weighted by molar-refractivity contribution is 6.02. The third-order valence-corrected chi connectivity index (χ3v) is 4.23. The van der Waals surface area contributed by atoms with Crippen LogP contribution in [0.25, 0.3) is 0 Å². The summed E-state index contributed by atoms with van der Waals surface area (Å²) in [5.74, 6) is 1.61. The Bertz CT molecular complexity index is 912. The van der Waals surface area contributed by atoms with Gasteiger partial charge in [0.2, 0.25) is 0 Å². The van der Waals surface area contributed by atoms with Crippen molar-refractivity contribution in [3.05, 3.63) is 78.1 Å².